The number of hydrogen-bond acceptors (Lipinski definition) is 3. The average Bonchev–Trinajstić information content (AvgIpc) is 2.82. The molecule has 0 atom stereocenters. The Morgan fingerprint density at radius 3 is 1.33 bits per heavy atom. The van der Waals surface area contributed by atoms with Crippen LogP contribution in [0.3, 0.4) is 0 Å². The third-order valence-electron chi connectivity index (χ3n) is 4.63. The van der Waals surface area contributed by atoms with E-state index < -0.39 is 0 Å². The van der Waals surface area contributed by atoms with Gasteiger partial charge in [-0.2, -0.15) is 0 Å². The molecule has 0 fully saturated rings. The zero-order valence-electron chi connectivity index (χ0n) is 16.9. The van der Waals surface area contributed by atoms with Gasteiger partial charge >= 0.3 is 0 Å². The van der Waals surface area contributed by atoms with Crippen LogP contribution in [0.5, 0.6) is 11.5 Å². The summed E-state index contributed by atoms with van der Waals surface area (Å²) in [5.41, 5.74) is 0. The summed E-state index contributed by atoms with van der Waals surface area (Å²) >= 11 is 1.78. The molecule has 0 N–H and O–H groups in total. The zero-order chi connectivity index (χ0) is 20.8. The molecule has 0 radical (unpaired) electrons. The van der Waals surface area contributed by atoms with Crippen molar-refractivity contribution in [2.45, 2.75) is 24.5 Å². The van der Waals surface area contributed by atoms with Crippen LogP contribution in [0, 0.1) is 0 Å². The molecule has 0 aliphatic rings. The molecule has 4 aromatic carbocycles. The van der Waals surface area contributed by atoms with Crippen molar-refractivity contribution in [3.8, 4) is 11.5 Å². The molecule has 30 heavy (non-hydrogen) atoms. The summed E-state index contributed by atoms with van der Waals surface area (Å²) < 4.78 is 10.7. The molecular weight excluding hydrogens is 408 g/mol. The van der Waals surface area contributed by atoms with Crippen LogP contribution < -0.4 is 9.47 Å². The Morgan fingerprint density at radius 1 is 0.500 bits per heavy atom. The van der Waals surface area contributed by atoms with Gasteiger partial charge < -0.3 is 9.47 Å². The Bertz CT molecular complexity index is 1010. The molecule has 0 aromatic heterocycles. The summed E-state index contributed by atoms with van der Waals surface area (Å²) in [5, 5.41) is 0. The topological polar surface area (TPSA) is 18.5 Å². The molecule has 4 heteroatoms. The Balaban J connectivity index is 1.67. The lowest BCUT2D eigenvalue weighted by Crippen LogP contribution is -2.05. The molecule has 150 valence electrons. The van der Waals surface area contributed by atoms with Gasteiger partial charge in [-0.25, -0.2) is 0 Å². The molecule has 0 heterocycles. The maximum atomic E-state index is 5.35. The summed E-state index contributed by atoms with van der Waals surface area (Å²) in [6, 6.07) is 36.1. The monoisotopic (exact) mass is 431 g/mol. The average molecular weight is 432 g/mol. The number of rotatable bonds is 7. The van der Waals surface area contributed by atoms with E-state index >= 15 is 0 Å². The maximum absolute atomic E-state index is 5.35. The Kier molecular flexibility index (Phi) is 6.67. The summed E-state index contributed by atoms with van der Waals surface area (Å²) in [7, 11) is 3.18. The van der Waals surface area contributed by atoms with Gasteiger partial charge in [0, 0.05) is 9.79 Å². The van der Waals surface area contributed by atoms with Gasteiger partial charge in [-0.3, -0.25) is 0 Å². The van der Waals surface area contributed by atoms with E-state index in [0.29, 0.717) is 0 Å². The molecule has 2 nitrogen and oxygen atoms in total. The van der Waals surface area contributed by atoms with Gasteiger partial charge in [0.2, 0.25) is 0 Å². The first-order chi connectivity index (χ1) is 14.8. The van der Waals surface area contributed by atoms with E-state index in [1.807, 2.05) is 30.3 Å². The van der Waals surface area contributed by atoms with Crippen LogP contribution in [-0.4, -0.2) is 14.2 Å². The van der Waals surface area contributed by atoms with Crippen molar-refractivity contribution in [3.63, 3.8) is 0 Å². The second-order valence-electron chi connectivity index (χ2n) is 6.54. The molecule has 0 aliphatic heterocycles. The fraction of sp³-hybridized carbons (Fsp3) is 0.0769. The first kappa shape index (κ1) is 20.5. The molecule has 4 aromatic rings. The third kappa shape index (κ3) is 4.84. The normalized spacial score (nSPS) is 10.8. The van der Waals surface area contributed by atoms with Crippen LogP contribution in [0.2, 0.25) is 0 Å². The van der Waals surface area contributed by atoms with Crippen molar-refractivity contribution in [3.05, 3.63) is 103 Å². The number of methoxy groups -OCH3 is 2. The van der Waals surface area contributed by atoms with Gasteiger partial charge in [0.15, 0.2) is 14.7 Å². The van der Waals surface area contributed by atoms with Crippen molar-refractivity contribution in [2.24, 2.45) is 0 Å². The minimum absolute atomic E-state index is 0.210. The van der Waals surface area contributed by atoms with Crippen molar-refractivity contribution >= 4 is 22.7 Å². The van der Waals surface area contributed by atoms with Crippen LogP contribution in [0.25, 0.3) is 0 Å². The molecule has 0 unspecified atom stereocenters. The summed E-state index contributed by atoms with van der Waals surface area (Å²) in [5.74, 6) is 1.73. The van der Waals surface area contributed by atoms with Crippen LogP contribution in [0.1, 0.15) is 0 Å². The van der Waals surface area contributed by atoms with Gasteiger partial charge in [-0.15, -0.1) is 0 Å². The third-order valence-corrected chi connectivity index (χ3v) is 7.88. The standard InChI is InChI=1S/C26H23O2S2/c1-27-20-8-14-24(15-9-20)30(25-16-10-21(28-2)11-17-25)26-18-12-23(13-19-26)29-22-6-4-3-5-7-22/h3-19H,1-2H3/q+1. The van der Waals surface area contributed by atoms with Gasteiger partial charge in [0.05, 0.1) is 25.1 Å². The quantitative estimate of drug-likeness (QED) is 0.295. The first-order valence-electron chi connectivity index (χ1n) is 9.62. The second-order valence-corrected chi connectivity index (χ2v) is 9.72. The Hall–Kier alpha value is -2.82. The van der Waals surface area contributed by atoms with Gasteiger partial charge in [0.1, 0.15) is 11.5 Å². The number of ether oxygens (including phenoxy) is 2. The van der Waals surface area contributed by atoms with E-state index in [2.05, 4.69) is 72.8 Å². The number of hydrogen-bond donors (Lipinski definition) is 0. The lowest BCUT2D eigenvalue weighted by atomic mass is 10.3. The Labute approximate surface area is 185 Å². The smallest absolute Gasteiger partial charge is 0.166 e. The highest BCUT2D eigenvalue weighted by Gasteiger charge is 2.28. The largest absolute Gasteiger partial charge is 0.497 e. The van der Waals surface area contributed by atoms with Crippen LogP contribution in [-0.2, 0) is 10.9 Å². The Morgan fingerprint density at radius 2 is 0.900 bits per heavy atom. The van der Waals surface area contributed by atoms with E-state index in [-0.39, 0.29) is 10.9 Å². The van der Waals surface area contributed by atoms with Crippen LogP contribution in [0.15, 0.2) is 128 Å². The highest BCUT2D eigenvalue weighted by Crippen LogP contribution is 2.35. The van der Waals surface area contributed by atoms with Gasteiger partial charge in [-0.1, -0.05) is 30.0 Å². The zero-order valence-corrected chi connectivity index (χ0v) is 18.6. The number of benzene rings is 4. The molecule has 0 spiro atoms. The van der Waals surface area contributed by atoms with E-state index in [1.54, 1.807) is 26.0 Å². The fourth-order valence-corrected chi connectivity index (χ4v) is 5.98. The lowest BCUT2D eigenvalue weighted by Gasteiger charge is -2.10. The van der Waals surface area contributed by atoms with Gasteiger partial charge in [-0.05, 0) is 84.9 Å². The molecule has 0 saturated carbocycles. The molecule has 0 aliphatic carbocycles. The van der Waals surface area contributed by atoms with Crippen molar-refractivity contribution < 1.29 is 9.47 Å². The minimum Gasteiger partial charge on any atom is -0.497 e. The summed E-state index contributed by atoms with van der Waals surface area (Å²) in [6.07, 6.45) is 0. The molecular formula is C26H23O2S2+. The highest BCUT2D eigenvalue weighted by atomic mass is 32.2. The van der Waals surface area contributed by atoms with Crippen molar-refractivity contribution in [1.82, 2.24) is 0 Å². The highest BCUT2D eigenvalue weighted by molar-refractivity contribution is 7.99. The van der Waals surface area contributed by atoms with Gasteiger partial charge in [0.25, 0.3) is 0 Å². The minimum atomic E-state index is -0.210. The SMILES string of the molecule is COc1ccc([S+](c2ccc(OC)cc2)c2ccc(Sc3ccccc3)cc2)cc1. The van der Waals surface area contributed by atoms with E-state index in [1.165, 1.54) is 24.5 Å². The molecule has 0 amide bonds. The lowest BCUT2D eigenvalue weighted by molar-refractivity contribution is 0.414. The maximum Gasteiger partial charge on any atom is 0.166 e. The second kappa shape index (κ2) is 9.79. The van der Waals surface area contributed by atoms with Crippen LogP contribution >= 0.6 is 11.8 Å². The van der Waals surface area contributed by atoms with E-state index in [9.17, 15) is 0 Å². The summed E-state index contributed by atoms with van der Waals surface area (Å²) in [6.45, 7) is 0. The molecule has 4 rings (SSSR count). The van der Waals surface area contributed by atoms with Crippen molar-refractivity contribution in [2.75, 3.05) is 14.2 Å². The van der Waals surface area contributed by atoms with Crippen LogP contribution in [0.4, 0.5) is 0 Å². The molecule has 0 bridgehead atoms. The predicted octanol–water partition coefficient (Wildman–Crippen LogP) is 6.95. The van der Waals surface area contributed by atoms with E-state index in [4.69, 9.17) is 9.47 Å². The fourth-order valence-electron chi connectivity index (χ4n) is 3.10. The first-order valence-corrected chi connectivity index (χ1v) is 11.7. The predicted molar refractivity (Wildman–Crippen MR) is 125 cm³/mol. The summed E-state index contributed by atoms with van der Waals surface area (Å²) in [4.78, 5) is 6.27. The van der Waals surface area contributed by atoms with E-state index in [0.717, 1.165) is 11.5 Å². The molecule has 0 saturated heterocycles. The van der Waals surface area contributed by atoms with Crippen molar-refractivity contribution in [1.29, 1.82) is 0 Å².